The van der Waals surface area contributed by atoms with Crippen LogP contribution in [-0.2, 0) is 23.9 Å². The predicted molar refractivity (Wildman–Crippen MR) is 140 cm³/mol. The van der Waals surface area contributed by atoms with Crippen LogP contribution in [0.4, 0.5) is 0 Å². The molecule has 0 heterocycles. The molecule has 0 saturated carbocycles. The van der Waals surface area contributed by atoms with E-state index in [9.17, 15) is 5.11 Å². The van der Waals surface area contributed by atoms with Crippen molar-refractivity contribution >= 4 is 0 Å². The van der Waals surface area contributed by atoms with Gasteiger partial charge in [0.1, 0.15) is 11.5 Å². The fraction of sp³-hybridized carbons (Fsp3) is 0.586. The van der Waals surface area contributed by atoms with E-state index < -0.39 is 0 Å². The number of rotatable bonds is 9. The van der Waals surface area contributed by atoms with Gasteiger partial charge >= 0.3 is 0 Å². The lowest BCUT2D eigenvalue weighted by atomic mass is 9.79. The normalized spacial score (nSPS) is 13.6. The second-order valence-electron chi connectivity index (χ2n) is 11.1. The lowest BCUT2D eigenvalue weighted by Crippen LogP contribution is -2.45. The number of para-hydroxylation sites is 1. The molecule has 0 fully saturated rings. The van der Waals surface area contributed by atoms with Crippen LogP contribution in [0.2, 0.25) is 0 Å². The average Bonchev–Trinajstić information content (AvgIpc) is 2.74. The van der Waals surface area contributed by atoms with E-state index in [0.29, 0.717) is 12.3 Å². The molecule has 1 N–H and O–H groups in total. The van der Waals surface area contributed by atoms with Crippen LogP contribution in [0.3, 0.4) is 0 Å². The molecule has 1 unspecified atom stereocenters. The molecule has 4 nitrogen and oxygen atoms in total. The molecular formula is C29H46N2O2. The lowest BCUT2D eigenvalue weighted by molar-refractivity contribution is 0.0487. The van der Waals surface area contributed by atoms with Crippen molar-refractivity contribution in [2.45, 2.75) is 92.4 Å². The molecular weight excluding hydrogens is 408 g/mol. The van der Waals surface area contributed by atoms with E-state index in [4.69, 9.17) is 4.74 Å². The third-order valence-electron chi connectivity index (χ3n) is 6.67. The smallest absolute Gasteiger partial charge is 0.123 e. The molecule has 0 aliphatic carbocycles. The van der Waals surface area contributed by atoms with E-state index in [1.54, 1.807) is 7.11 Å². The molecule has 0 aromatic heterocycles. The first-order valence-corrected chi connectivity index (χ1v) is 12.3. The van der Waals surface area contributed by atoms with Crippen LogP contribution in [0.1, 0.15) is 84.6 Å². The van der Waals surface area contributed by atoms with E-state index in [1.807, 2.05) is 12.1 Å². The number of benzene rings is 2. The van der Waals surface area contributed by atoms with Gasteiger partial charge in [-0.05, 0) is 48.0 Å². The Morgan fingerprint density at radius 3 is 1.94 bits per heavy atom. The maximum absolute atomic E-state index is 11.4. The molecule has 0 radical (unpaired) electrons. The van der Waals surface area contributed by atoms with Gasteiger partial charge in [0.05, 0.1) is 13.3 Å². The maximum Gasteiger partial charge on any atom is 0.123 e. The first kappa shape index (κ1) is 27.2. The molecule has 4 heteroatoms. The summed E-state index contributed by atoms with van der Waals surface area (Å²) >= 11 is 0. The average molecular weight is 455 g/mol. The lowest BCUT2D eigenvalue weighted by Gasteiger charge is -2.37. The maximum atomic E-state index is 11.4. The van der Waals surface area contributed by atoms with E-state index in [0.717, 1.165) is 42.1 Å². The monoisotopic (exact) mass is 454 g/mol. The fourth-order valence-electron chi connectivity index (χ4n) is 4.39. The Labute approximate surface area is 202 Å². The summed E-state index contributed by atoms with van der Waals surface area (Å²) in [5.74, 6) is 1.32. The summed E-state index contributed by atoms with van der Waals surface area (Å²) in [5.41, 5.74) is 4.27. The molecule has 0 aliphatic rings. The highest BCUT2D eigenvalue weighted by molar-refractivity contribution is 5.48. The van der Waals surface area contributed by atoms with Crippen molar-refractivity contribution < 1.29 is 9.84 Å². The van der Waals surface area contributed by atoms with Crippen LogP contribution >= 0.6 is 0 Å². The van der Waals surface area contributed by atoms with Crippen LogP contribution in [0.5, 0.6) is 11.5 Å². The molecule has 1 atom stereocenters. The Balaban J connectivity index is 2.59. The van der Waals surface area contributed by atoms with Gasteiger partial charge < -0.3 is 9.84 Å². The van der Waals surface area contributed by atoms with Crippen molar-refractivity contribution in [1.82, 2.24) is 9.80 Å². The zero-order valence-corrected chi connectivity index (χ0v) is 22.6. The topological polar surface area (TPSA) is 35.9 Å². The minimum absolute atomic E-state index is 0.000415. The number of aromatic hydroxyl groups is 1. The number of hydrogen-bond acceptors (Lipinski definition) is 4. The van der Waals surface area contributed by atoms with Crippen LogP contribution in [0.15, 0.2) is 36.4 Å². The summed E-state index contributed by atoms with van der Waals surface area (Å²) in [6, 6.07) is 12.6. The van der Waals surface area contributed by atoms with Gasteiger partial charge in [-0.1, -0.05) is 85.7 Å². The molecule has 0 bridgehead atoms. The number of methoxy groups -OCH3 is 1. The number of nitrogens with zero attached hydrogens (tertiary/aromatic N) is 2. The molecule has 2 rings (SSSR count). The standard InChI is InChI=1S/C29H46N2O2/c1-11-30(12-2)21(3)31(19-22-15-13-14-16-26(22)33-10)20-23-17-24(28(4,5)6)18-25(27(23)32)29(7,8)9/h13-18,21,32H,11-12,19-20H2,1-10H3. The summed E-state index contributed by atoms with van der Waals surface area (Å²) in [5, 5.41) is 11.4. The molecule has 2 aromatic rings. The van der Waals surface area contributed by atoms with E-state index in [-0.39, 0.29) is 17.0 Å². The summed E-state index contributed by atoms with van der Waals surface area (Å²) in [4.78, 5) is 4.89. The van der Waals surface area contributed by atoms with E-state index >= 15 is 0 Å². The molecule has 0 spiro atoms. The first-order valence-electron chi connectivity index (χ1n) is 12.3. The van der Waals surface area contributed by atoms with Crippen LogP contribution in [-0.4, -0.2) is 41.3 Å². The number of phenolic OH excluding ortho intramolecular Hbond substituents is 1. The zero-order valence-electron chi connectivity index (χ0n) is 22.6. The number of phenols is 1. The number of ether oxygens (including phenoxy) is 1. The van der Waals surface area contributed by atoms with Gasteiger partial charge in [0, 0.05) is 24.2 Å². The molecule has 0 aliphatic heterocycles. The molecule has 2 aromatic carbocycles. The molecule has 0 saturated heterocycles. The Morgan fingerprint density at radius 1 is 0.848 bits per heavy atom. The highest BCUT2D eigenvalue weighted by Crippen LogP contribution is 2.38. The van der Waals surface area contributed by atoms with Crippen LogP contribution in [0.25, 0.3) is 0 Å². The van der Waals surface area contributed by atoms with Crippen molar-refractivity contribution in [3.8, 4) is 11.5 Å². The van der Waals surface area contributed by atoms with Gasteiger partial charge in [0.2, 0.25) is 0 Å². The molecule has 184 valence electrons. The first-order chi connectivity index (χ1) is 15.3. The van der Waals surface area contributed by atoms with Crippen molar-refractivity contribution in [2.24, 2.45) is 0 Å². The third-order valence-corrected chi connectivity index (χ3v) is 6.67. The SMILES string of the molecule is CCN(CC)C(C)N(Cc1ccccc1OC)Cc1cc(C(C)(C)C)cc(C(C)(C)C)c1O. The summed E-state index contributed by atoms with van der Waals surface area (Å²) < 4.78 is 5.65. The minimum Gasteiger partial charge on any atom is -0.507 e. The second kappa shape index (κ2) is 10.9. The van der Waals surface area contributed by atoms with Crippen LogP contribution in [0, 0.1) is 0 Å². The van der Waals surface area contributed by atoms with Crippen molar-refractivity contribution in [1.29, 1.82) is 0 Å². The van der Waals surface area contributed by atoms with Gasteiger partial charge in [-0.3, -0.25) is 9.80 Å². The second-order valence-corrected chi connectivity index (χ2v) is 11.1. The molecule has 0 amide bonds. The van der Waals surface area contributed by atoms with Gasteiger partial charge in [-0.2, -0.15) is 0 Å². The summed E-state index contributed by atoms with van der Waals surface area (Å²) in [7, 11) is 1.73. The van der Waals surface area contributed by atoms with Crippen molar-refractivity contribution in [3.05, 3.63) is 58.7 Å². The molecule has 33 heavy (non-hydrogen) atoms. The van der Waals surface area contributed by atoms with Crippen molar-refractivity contribution in [3.63, 3.8) is 0 Å². The third kappa shape index (κ3) is 6.74. The Bertz CT molecular complexity index is 905. The fourth-order valence-corrected chi connectivity index (χ4v) is 4.39. The summed E-state index contributed by atoms with van der Waals surface area (Å²) in [6.45, 7) is 23.2. The minimum atomic E-state index is -0.141. The van der Waals surface area contributed by atoms with E-state index in [1.165, 1.54) is 5.56 Å². The Morgan fingerprint density at radius 2 is 1.42 bits per heavy atom. The predicted octanol–water partition coefficient (Wildman–Crippen LogP) is 6.69. The Hall–Kier alpha value is -2.04. The van der Waals surface area contributed by atoms with E-state index in [2.05, 4.69) is 96.4 Å². The van der Waals surface area contributed by atoms with Crippen LogP contribution < -0.4 is 4.74 Å². The quantitative estimate of drug-likeness (QED) is 0.428. The van der Waals surface area contributed by atoms with Crippen molar-refractivity contribution in [2.75, 3.05) is 20.2 Å². The highest BCUT2D eigenvalue weighted by atomic mass is 16.5. The summed E-state index contributed by atoms with van der Waals surface area (Å²) in [6.07, 6.45) is 0.209. The van der Waals surface area contributed by atoms with Gasteiger partial charge in [0.15, 0.2) is 0 Å². The Kier molecular flexibility index (Phi) is 9.01. The zero-order chi connectivity index (χ0) is 25.0. The number of hydrogen-bond donors (Lipinski definition) is 1. The largest absolute Gasteiger partial charge is 0.507 e. The van der Waals surface area contributed by atoms with Gasteiger partial charge in [-0.25, -0.2) is 0 Å². The highest BCUT2D eigenvalue weighted by Gasteiger charge is 2.27. The van der Waals surface area contributed by atoms with Gasteiger partial charge in [0.25, 0.3) is 0 Å². The van der Waals surface area contributed by atoms with Gasteiger partial charge in [-0.15, -0.1) is 0 Å².